The van der Waals surface area contributed by atoms with Gasteiger partial charge in [0, 0.05) is 19.0 Å². The van der Waals surface area contributed by atoms with Crippen LogP contribution >= 0.6 is 0 Å². The number of rotatable bonds is 4. The van der Waals surface area contributed by atoms with Crippen molar-refractivity contribution in [1.82, 2.24) is 14.9 Å². The fraction of sp³-hybridized carbons (Fsp3) is 0.421. The summed E-state index contributed by atoms with van der Waals surface area (Å²) in [5.74, 6) is 0.110. The first kappa shape index (κ1) is 20.8. The number of anilines is 2. The number of ether oxygens (including phenoxy) is 3. The van der Waals surface area contributed by atoms with Crippen LogP contribution in [-0.2, 0) is 6.18 Å². The average molecular weight is 440 g/mol. The molecule has 0 bridgehead atoms. The summed E-state index contributed by atoms with van der Waals surface area (Å²) in [4.78, 5) is 21.9. The van der Waals surface area contributed by atoms with E-state index < -0.39 is 23.7 Å². The maximum Gasteiger partial charge on any atom is 0.421 e. The number of amides is 1. The quantitative estimate of drug-likeness (QED) is 0.775. The second kappa shape index (κ2) is 8.00. The molecule has 4 heterocycles. The zero-order valence-electron chi connectivity index (χ0n) is 16.4. The first-order valence-electron chi connectivity index (χ1n) is 9.42. The van der Waals surface area contributed by atoms with Crippen LogP contribution in [0.2, 0.25) is 0 Å². The number of carbonyl (C=O) groups is 1. The van der Waals surface area contributed by atoms with Gasteiger partial charge < -0.3 is 29.1 Å². The minimum atomic E-state index is -4.63. The second-order valence-electron chi connectivity index (χ2n) is 7.00. The molecule has 0 aliphatic carbocycles. The van der Waals surface area contributed by atoms with Gasteiger partial charge in [0.1, 0.15) is 18.3 Å². The summed E-state index contributed by atoms with van der Waals surface area (Å²) in [5, 5.41) is 9.07. The third kappa shape index (κ3) is 4.23. The van der Waals surface area contributed by atoms with Crippen molar-refractivity contribution in [2.24, 2.45) is 0 Å². The van der Waals surface area contributed by atoms with E-state index in [1.807, 2.05) is 0 Å². The Balaban J connectivity index is 1.62. The van der Waals surface area contributed by atoms with Crippen LogP contribution in [0.15, 0.2) is 24.5 Å². The Bertz CT molecular complexity index is 988. The minimum absolute atomic E-state index is 0.214. The molecule has 2 aliphatic heterocycles. The predicted octanol–water partition coefficient (Wildman–Crippen LogP) is 3.17. The van der Waals surface area contributed by atoms with E-state index >= 15 is 0 Å². The molecule has 0 spiro atoms. The second-order valence-corrected chi connectivity index (χ2v) is 7.00. The molecule has 2 aromatic heterocycles. The first-order chi connectivity index (χ1) is 14.8. The molecule has 1 fully saturated rings. The van der Waals surface area contributed by atoms with Crippen molar-refractivity contribution in [3.63, 3.8) is 0 Å². The minimum Gasteiger partial charge on any atom is -0.488 e. The average Bonchev–Trinajstić information content (AvgIpc) is 3.21. The standard InChI is InChI=1S/C19H19F3N4O5/c1-29-17-13(19(20,21)22)6-11(8-24-17)26-4-5-30-15-9-23-16(7-14(15)26)31-12-2-3-25(10-12)18(27)28/h6-9,12H,2-5,10H2,1H3,(H,27,28). The van der Waals surface area contributed by atoms with Crippen molar-refractivity contribution >= 4 is 17.5 Å². The fourth-order valence-electron chi connectivity index (χ4n) is 3.56. The number of methoxy groups -OCH3 is 1. The van der Waals surface area contributed by atoms with Crippen molar-refractivity contribution in [2.75, 3.05) is 38.3 Å². The SMILES string of the molecule is COc1ncc(N2CCOc3cnc(OC4CCN(C(=O)O)C4)cc32)cc1C(F)(F)F. The molecule has 1 unspecified atom stereocenters. The van der Waals surface area contributed by atoms with Gasteiger partial charge in [-0.25, -0.2) is 14.8 Å². The Kier molecular flexibility index (Phi) is 5.38. The zero-order chi connectivity index (χ0) is 22.2. The normalized spacial score (nSPS) is 18.4. The summed E-state index contributed by atoms with van der Waals surface area (Å²) in [6, 6.07) is 2.54. The molecule has 2 aliphatic rings. The van der Waals surface area contributed by atoms with Gasteiger partial charge in [0.2, 0.25) is 11.8 Å². The van der Waals surface area contributed by atoms with Gasteiger partial charge in [-0.15, -0.1) is 0 Å². The third-order valence-electron chi connectivity index (χ3n) is 5.04. The summed E-state index contributed by atoms with van der Waals surface area (Å²) in [6.07, 6.45) is -2.76. The smallest absolute Gasteiger partial charge is 0.421 e. The molecule has 31 heavy (non-hydrogen) atoms. The summed E-state index contributed by atoms with van der Waals surface area (Å²) in [6.45, 7) is 1.11. The lowest BCUT2D eigenvalue weighted by Gasteiger charge is -2.31. The highest BCUT2D eigenvalue weighted by Gasteiger charge is 2.36. The number of likely N-dealkylation sites (tertiary alicyclic amines) is 1. The van der Waals surface area contributed by atoms with E-state index in [2.05, 4.69) is 9.97 Å². The summed E-state index contributed by atoms with van der Waals surface area (Å²) >= 11 is 0. The number of hydrogen-bond acceptors (Lipinski definition) is 7. The van der Waals surface area contributed by atoms with Crippen LogP contribution in [0.4, 0.5) is 29.3 Å². The van der Waals surface area contributed by atoms with Crippen LogP contribution in [0.1, 0.15) is 12.0 Å². The lowest BCUT2D eigenvalue weighted by atomic mass is 10.2. The highest BCUT2D eigenvalue weighted by Crippen LogP contribution is 2.42. The molecular formula is C19H19F3N4O5. The van der Waals surface area contributed by atoms with Crippen molar-refractivity contribution in [3.05, 3.63) is 30.1 Å². The highest BCUT2D eigenvalue weighted by molar-refractivity contribution is 5.71. The van der Waals surface area contributed by atoms with Gasteiger partial charge in [-0.2, -0.15) is 13.2 Å². The van der Waals surface area contributed by atoms with Crippen LogP contribution in [0.3, 0.4) is 0 Å². The highest BCUT2D eigenvalue weighted by atomic mass is 19.4. The Hall–Kier alpha value is -3.44. The molecule has 1 saturated heterocycles. The molecule has 9 nitrogen and oxygen atoms in total. The Morgan fingerprint density at radius 1 is 1.26 bits per heavy atom. The first-order valence-corrected chi connectivity index (χ1v) is 9.42. The lowest BCUT2D eigenvalue weighted by molar-refractivity contribution is -0.139. The van der Waals surface area contributed by atoms with E-state index in [9.17, 15) is 18.0 Å². The number of pyridine rings is 2. The molecule has 1 atom stereocenters. The van der Waals surface area contributed by atoms with Crippen LogP contribution in [0, 0.1) is 0 Å². The molecule has 166 valence electrons. The number of halogens is 3. The lowest BCUT2D eigenvalue weighted by Crippen LogP contribution is -2.30. The number of carboxylic acid groups (broad SMARTS) is 1. The third-order valence-corrected chi connectivity index (χ3v) is 5.04. The molecule has 1 amide bonds. The molecule has 0 aromatic carbocycles. The summed E-state index contributed by atoms with van der Waals surface area (Å²) < 4.78 is 56.4. The van der Waals surface area contributed by atoms with Crippen molar-refractivity contribution < 1.29 is 37.3 Å². The largest absolute Gasteiger partial charge is 0.488 e. The Morgan fingerprint density at radius 2 is 2.06 bits per heavy atom. The number of nitrogens with zero attached hydrogens (tertiary/aromatic N) is 4. The van der Waals surface area contributed by atoms with Gasteiger partial charge in [0.25, 0.3) is 0 Å². The monoisotopic (exact) mass is 440 g/mol. The van der Waals surface area contributed by atoms with Gasteiger partial charge in [0.15, 0.2) is 5.75 Å². The van der Waals surface area contributed by atoms with E-state index in [1.165, 1.54) is 17.3 Å². The molecule has 12 heteroatoms. The Morgan fingerprint density at radius 3 is 2.74 bits per heavy atom. The van der Waals surface area contributed by atoms with Crippen molar-refractivity contribution in [1.29, 1.82) is 0 Å². The van der Waals surface area contributed by atoms with E-state index in [4.69, 9.17) is 19.3 Å². The van der Waals surface area contributed by atoms with E-state index in [0.29, 0.717) is 24.4 Å². The molecular weight excluding hydrogens is 421 g/mol. The van der Waals surface area contributed by atoms with Crippen LogP contribution < -0.4 is 19.1 Å². The van der Waals surface area contributed by atoms with E-state index in [1.54, 1.807) is 11.0 Å². The summed E-state index contributed by atoms with van der Waals surface area (Å²) in [5.41, 5.74) is -0.289. The van der Waals surface area contributed by atoms with Crippen LogP contribution in [0.25, 0.3) is 0 Å². The number of alkyl halides is 3. The number of fused-ring (bicyclic) bond motifs is 1. The van der Waals surface area contributed by atoms with Crippen LogP contribution in [0.5, 0.6) is 17.5 Å². The van der Waals surface area contributed by atoms with E-state index in [-0.39, 0.29) is 37.4 Å². The molecule has 1 N–H and O–H groups in total. The Labute approximate surface area is 175 Å². The molecule has 0 radical (unpaired) electrons. The number of aromatic nitrogens is 2. The maximum absolute atomic E-state index is 13.4. The fourth-order valence-corrected chi connectivity index (χ4v) is 3.56. The summed E-state index contributed by atoms with van der Waals surface area (Å²) in [7, 11) is 1.13. The zero-order valence-corrected chi connectivity index (χ0v) is 16.4. The molecule has 2 aromatic rings. The van der Waals surface area contributed by atoms with Crippen molar-refractivity contribution in [2.45, 2.75) is 18.7 Å². The topological polar surface area (TPSA) is 97.3 Å². The van der Waals surface area contributed by atoms with Crippen molar-refractivity contribution in [3.8, 4) is 17.5 Å². The van der Waals surface area contributed by atoms with Gasteiger partial charge in [-0.1, -0.05) is 0 Å². The van der Waals surface area contributed by atoms with Gasteiger partial charge >= 0.3 is 12.3 Å². The molecule has 4 rings (SSSR count). The maximum atomic E-state index is 13.4. The van der Waals surface area contributed by atoms with Crippen LogP contribution in [-0.4, -0.2) is 65.5 Å². The number of hydrogen-bond donors (Lipinski definition) is 1. The predicted molar refractivity (Wildman–Crippen MR) is 101 cm³/mol. The van der Waals surface area contributed by atoms with Gasteiger partial charge in [0.05, 0.1) is 44.0 Å². The van der Waals surface area contributed by atoms with Gasteiger partial charge in [-0.3, -0.25) is 0 Å². The van der Waals surface area contributed by atoms with Gasteiger partial charge in [-0.05, 0) is 6.07 Å². The van der Waals surface area contributed by atoms with E-state index in [0.717, 1.165) is 13.2 Å². The molecule has 0 saturated carbocycles.